The fraction of sp³-hybridized carbons (Fsp3) is 0.130. The van der Waals surface area contributed by atoms with E-state index in [0.29, 0.717) is 11.4 Å². The Balaban J connectivity index is 1.55. The molecule has 0 aliphatic heterocycles. The number of ether oxygens (including phenoxy) is 1. The third-order valence-corrected chi connectivity index (χ3v) is 4.16. The van der Waals surface area contributed by atoms with E-state index < -0.39 is 17.8 Å². The second-order valence-corrected chi connectivity index (χ2v) is 6.46. The van der Waals surface area contributed by atoms with Gasteiger partial charge >= 0.3 is 0 Å². The standard InChI is InChI=1S/C23H21FN2O3/c1-16(29-21-11-3-2-4-12-21)22(27)25-15-17-7-5-10-20(13-17)26-23(28)18-8-6-9-19(24)14-18/h2-14,16H,15H2,1H3,(H,25,27)(H,26,28). The van der Waals surface area contributed by atoms with Crippen LogP contribution in [-0.4, -0.2) is 17.9 Å². The highest BCUT2D eigenvalue weighted by molar-refractivity contribution is 6.04. The first-order valence-electron chi connectivity index (χ1n) is 9.16. The lowest BCUT2D eigenvalue weighted by molar-refractivity contribution is -0.127. The first kappa shape index (κ1) is 20.1. The molecule has 2 N–H and O–H groups in total. The van der Waals surface area contributed by atoms with E-state index >= 15 is 0 Å². The van der Waals surface area contributed by atoms with Crippen LogP contribution in [0.5, 0.6) is 5.75 Å². The van der Waals surface area contributed by atoms with Crippen molar-refractivity contribution in [3.05, 3.63) is 95.8 Å². The van der Waals surface area contributed by atoms with Gasteiger partial charge in [-0.3, -0.25) is 9.59 Å². The van der Waals surface area contributed by atoms with Gasteiger partial charge in [0.1, 0.15) is 11.6 Å². The molecule has 0 spiro atoms. The number of nitrogens with one attached hydrogen (secondary N) is 2. The van der Waals surface area contributed by atoms with Gasteiger partial charge in [0.05, 0.1) is 0 Å². The minimum Gasteiger partial charge on any atom is -0.481 e. The SMILES string of the molecule is CC(Oc1ccccc1)C(=O)NCc1cccc(NC(=O)c2cccc(F)c2)c1. The third-order valence-electron chi connectivity index (χ3n) is 4.16. The van der Waals surface area contributed by atoms with Crippen molar-refractivity contribution < 1.29 is 18.7 Å². The number of benzene rings is 3. The summed E-state index contributed by atoms with van der Waals surface area (Å²) in [4.78, 5) is 24.5. The lowest BCUT2D eigenvalue weighted by Crippen LogP contribution is -2.35. The van der Waals surface area contributed by atoms with E-state index in [1.807, 2.05) is 24.3 Å². The van der Waals surface area contributed by atoms with E-state index in [4.69, 9.17) is 4.74 Å². The lowest BCUT2D eigenvalue weighted by Gasteiger charge is -2.15. The molecular weight excluding hydrogens is 371 g/mol. The van der Waals surface area contributed by atoms with Crippen LogP contribution in [0, 0.1) is 5.82 Å². The van der Waals surface area contributed by atoms with Crippen LogP contribution >= 0.6 is 0 Å². The number of halogens is 1. The molecule has 0 fully saturated rings. The maximum atomic E-state index is 13.3. The molecule has 5 nitrogen and oxygen atoms in total. The van der Waals surface area contributed by atoms with E-state index in [1.165, 1.54) is 24.3 Å². The molecule has 3 aromatic carbocycles. The quantitative estimate of drug-likeness (QED) is 0.634. The molecule has 0 radical (unpaired) electrons. The second kappa shape index (κ2) is 9.50. The minimum absolute atomic E-state index is 0.232. The number of carbonyl (C=O) groups excluding carboxylic acids is 2. The molecule has 0 aliphatic carbocycles. The van der Waals surface area contributed by atoms with Crippen molar-refractivity contribution in [2.24, 2.45) is 0 Å². The van der Waals surface area contributed by atoms with Crippen molar-refractivity contribution in [3.8, 4) is 5.75 Å². The summed E-state index contributed by atoms with van der Waals surface area (Å²) in [6.07, 6.45) is -0.645. The van der Waals surface area contributed by atoms with Gasteiger partial charge in [0.2, 0.25) is 0 Å². The zero-order chi connectivity index (χ0) is 20.6. The van der Waals surface area contributed by atoms with Gasteiger partial charge < -0.3 is 15.4 Å². The molecule has 3 rings (SSSR count). The molecule has 6 heteroatoms. The Bertz CT molecular complexity index is 992. The van der Waals surface area contributed by atoms with Crippen LogP contribution in [0.2, 0.25) is 0 Å². The number of hydrogen-bond acceptors (Lipinski definition) is 3. The topological polar surface area (TPSA) is 67.4 Å². The summed E-state index contributed by atoms with van der Waals surface area (Å²) >= 11 is 0. The van der Waals surface area contributed by atoms with Crippen LogP contribution in [0.4, 0.5) is 10.1 Å². The Labute approximate surface area is 168 Å². The zero-order valence-corrected chi connectivity index (χ0v) is 15.9. The number of amides is 2. The third kappa shape index (κ3) is 5.90. The van der Waals surface area contributed by atoms with Gasteiger partial charge in [0.25, 0.3) is 11.8 Å². The van der Waals surface area contributed by atoms with Crippen molar-refractivity contribution in [2.75, 3.05) is 5.32 Å². The van der Waals surface area contributed by atoms with Crippen molar-refractivity contribution in [1.29, 1.82) is 0 Å². The molecule has 0 heterocycles. The van der Waals surface area contributed by atoms with E-state index in [9.17, 15) is 14.0 Å². The molecule has 3 aromatic rings. The Morgan fingerprint density at radius 3 is 2.48 bits per heavy atom. The lowest BCUT2D eigenvalue weighted by atomic mass is 10.1. The molecule has 0 saturated heterocycles. The van der Waals surface area contributed by atoms with Gasteiger partial charge in [0.15, 0.2) is 6.10 Å². The Kier molecular flexibility index (Phi) is 6.58. The molecule has 0 aliphatic rings. The summed E-state index contributed by atoms with van der Waals surface area (Å²) in [7, 11) is 0. The summed E-state index contributed by atoms with van der Waals surface area (Å²) in [5.74, 6) is -0.503. The highest BCUT2D eigenvalue weighted by Gasteiger charge is 2.14. The van der Waals surface area contributed by atoms with Gasteiger partial charge in [-0.25, -0.2) is 4.39 Å². The van der Waals surface area contributed by atoms with Crippen molar-refractivity contribution in [3.63, 3.8) is 0 Å². The van der Waals surface area contributed by atoms with Gasteiger partial charge in [-0.2, -0.15) is 0 Å². The molecule has 148 valence electrons. The van der Waals surface area contributed by atoms with Crippen LogP contribution in [0.3, 0.4) is 0 Å². The number of hydrogen-bond donors (Lipinski definition) is 2. The fourth-order valence-electron chi connectivity index (χ4n) is 2.68. The maximum absolute atomic E-state index is 13.3. The minimum atomic E-state index is -0.645. The smallest absolute Gasteiger partial charge is 0.261 e. The summed E-state index contributed by atoms with van der Waals surface area (Å²) in [5.41, 5.74) is 1.59. The Hall–Kier alpha value is -3.67. The molecule has 1 unspecified atom stereocenters. The zero-order valence-electron chi connectivity index (χ0n) is 15.9. The van der Waals surface area contributed by atoms with Gasteiger partial charge in [-0.1, -0.05) is 36.4 Å². The predicted octanol–water partition coefficient (Wildman–Crippen LogP) is 4.16. The average molecular weight is 392 g/mol. The van der Waals surface area contributed by atoms with Crippen molar-refractivity contribution >= 4 is 17.5 Å². The van der Waals surface area contributed by atoms with Gasteiger partial charge in [-0.05, 0) is 55.0 Å². The van der Waals surface area contributed by atoms with Gasteiger partial charge in [0, 0.05) is 17.8 Å². The average Bonchev–Trinajstić information content (AvgIpc) is 2.73. The molecule has 1 atom stereocenters. The van der Waals surface area contributed by atoms with Crippen LogP contribution in [-0.2, 0) is 11.3 Å². The summed E-state index contributed by atoms with van der Waals surface area (Å²) in [6.45, 7) is 1.96. The highest BCUT2D eigenvalue weighted by Crippen LogP contribution is 2.14. The molecule has 2 amide bonds. The molecule has 29 heavy (non-hydrogen) atoms. The largest absolute Gasteiger partial charge is 0.481 e. The molecular formula is C23H21FN2O3. The first-order chi connectivity index (χ1) is 14.0. The number of anilines is 1. The summed E-state index contributed by atoms with van der Waals surface area (Å²) < 4.78 is 18.9. The predicted molar refractivity (Wildman–Crippen MR) is 109 cm³/mol. The second-order valence-electron chi connectivity index (χ2n) is 6.46. The Morgan fingerprint density at radius 1 is 0.966 bits per heavy atom. The van der Waals surface area contributed by atoms with E-state index in [1.54, 1.807) is 37.3 Å². The van der Waals surface area contributed by atoms with Crippen LogP contribution in [0.25, 0.3) is 0 Å². The molecule has 0 saturated carbocycles. The van der Waals surface area contributed by atoms with Crippen LogP contribution < -0.4 is 15.4 Å². The highest BCUT2D eigenvalue weighted by atomic mass is 19.1. The summed E-state index contributed by atoms with van der Waals surface area (Å²) in [6, 6.07) is 21.7. The Morgan fingerprint density at radius 2 is 1.72 bits per heavy atom. The fourth-order valence-corrected chi connectivity index (χ4v) is 2.68. The summed E-state index contributed by atoms with van der Waals surface area (Å²) in [5, 5.41) is 5.54. The normalized spacial score (nSPS) is 11.4. The molecule has 0 aromatic heterocycles. The maximum Gasteiger partial charge on any atom is 0.261 e. The van der Waals surface area contributed by atoms with Crippen molar-refractivity contribution in [2.45, 2.75) is 19.6 Å². The monoisotopic (exact) mass is 392 g/mol. The number of carbonyl (C=O) groups is 2. The van der Waals surface area contributed by atoms with E-state index in [-0.39, 0.29) is 18.0 Å². The van der Waals surface area contributed by atoms with Crippen molar-refractivity contribution in [1.82, 2.24) is 5.32 Å². The molecule has 0 bridgehead atoms. The van der Waals surface area contributed by atoms with E-state index in [0.717, 1.165) is 5.56 Å². The number of para-hydroxylation sites is 1. The first-order valence-corrected chi connectivity index (χ1v) is 9.16. The van der Waals surface area contributed by atoms with Crippen LogP contribution in [0.15, 0.2) is 78.9 Å². The van der Waals surface area contributed by atoms with Crippen LogP contribution in [0.1, 0.15) is 22.8 Å². The van der Waals surface area contributed by atoms with E-state index in [2.05, 4.69) is 10.6 Å². The van der Waals surface area contributed by atoms with Gasteiger partial charge in [-0.15, -0.1) is 0 Å². The number of rotatable bonds is 7.